The third kappa shape index (κ3) is 0.993. The average molecular weight is 154 g/mol. The van der Waals surface area contributed by atoms with Gasteiger partial charge >= 0.3 is 0 Å². The summed E-state index contributed by atoms with van der Waals surface area (Å²) in [6.07, 6.45) is 0.727. The lowest BCUT2D eigenvalue weighted by Crippen LogP contribution is -3.20. The zero-order chi connectivity index (χ0) is 8.06. The molecular weight excluding hydrogens is 140 g/mol. The number of likely N-dealkylation sites (tertiary alicyclic amines) is 2. The van der Waals surface area contributed by atoms with Gasteiger partial charge in [0, 0.05) is 0 Å². The minimum Gasteiger partial charge on any atom is -0.466 e. The Morgan fingerprint density at radius 1 is 1.27 bits per heavy atom. The molecule has 11 heavy (non-hydrogen) atoms. The summed E-state index contributed by atoms with van der Waals surface area (Å²) in [5.41, 5.74) is 0.283. The molecule has 2 aliphatic rings. The van der Waals surface area contributed by atoms with Crippen LogP contribution < -0.4 is 9.80 Å². The van der Waals surface area contributed by atoms with E-state index >= 15 is 0 Å². The highest BCUT2D eigenvalue weighted by Gasteiger charge is 2.52. The highest BCUT2D eigenvalue weighted by molar-refractivity contribution is 5.69. The van der Waals surface area contributed by atoms with Crippen LogP contribution in [0.5, 0.6) is 0 Å². The quantitative estimate of drug-likeness (QED) is 0.364. The number of amides is 1. The van der Waals surface area contributed by atoms with Crippen molar-refractivity contribution >= 4 is 5.91 Å². The summed E-state index contributed by atoms with van der Waals surface area (Å²) in [6.45, 7) is 3.03. The Balaban J connectivity index is 2.04. The smallest absolute Gasteiger partial charge is 0.287 e. The van der Waals surface area contributed by atoms with Crippen molar-refractivity contribution in [2.24, 2.45) is 5.41 Å². The zero-order valence-corrected chi connectivity index (χ0v) is 6.65. The maximum Gasteiger partial charge on any atom is 0.287 e. The second kappa shape index (κ2) is 2.05. The summed E-state index contributed by atoms with van der Waals surface area (Å²) in [4.78, 5) is 13.3. The maximum atomic E-state index is 11.2. The number of hydrogen-bond donors (Lipinski definition) is 2. The first-order chi connectivity index (χ1) is 5.11. The van der Waals surface area contributed by atoms with E-state index in [4.69, 9.17) is 0 Å². The predicted octanol–water partition coefficient (Wildman–Crippen LogP) is -2.73. The fraction of sp³-hybridized carbons (Fsp3) is 0.625. The lowest BCUT2D eigenvalue weighted by molar-refractivity contribution is -0.928. The van der Waals surface area contributed by atoms with E-state index in [1.54, 1.807) is 0 Å². The fourth-order valence-corrected chi connectivity index (χ4v) is 2.34. The van der Waals surface area contributed by atoms with E-state index in [-0.39, 0.29) is 11.3 Å². The van der Waals surface area contributed by atoms with E-state index in [0.717, 1.165) is 31.0 Å². The molecule has 2 N–H and O–H groups in total. The van der Waals surface area contributed by atoms with Gasteiger partial charge in [-0.2, -0.15) is 7.05 Å². The second-order valence-electron chi connectivity index (χ2n) is 3.98. The Morgan fingerprint density at radius 3 is 2.27 bits per heavy atom. The molecule has 2 heterocycles. The van der Waals surface area contributed by atoms with Crippen LogP contribution in [0.4, 0.5) is 0 Å². The van der Waals surface area contributed by atoms with Gasteiger partial charge in [0.15, 0.2) is 0 Å². The molecule has 0 aromatic rings. The summed E-state index contributed by atoms with van der Waals surface area (Å²) in [7, 11) is 7.65. The molecule has 0 aromatic heterocycles. The van der Waals surface area contributed by atoms with Crippen LogP contribution in [0.15, 0.2) is 0 Å². The van der Waals surface area contributed by atoms with Gasteiger partial charge in [0.2, 0.25) is 0 Å². The molecular formula is C8H14N2O. The number of rotatable bonds is 0. The molecule has 1 atom stereocenters. The fourth-order valence-electron chi connectivity index (χ4n) is 2.34. The highest BCUT2D eigenvalue weighted by Crippen LogP contribution is 2.24. The molecule has 2 aliphatic heterocycles. The number of carbonyl (C=O) groups excluding carboxylic acids is 1. The first-order valence-electron chi connectivity index (χ1n) is 3.99. The maximum absolute atomic E-state index is 11.2. The van der Waals surface area contributed by atoms with Crippen LogP contribution in [0.1, 0.15) is 6.42 Å². The summed E-state index contributed by atoms with van der Waals surface area (Å²) in [5, 5.41) is 0. The van der Waals surface area contributed by atoms with Gasteiger partial charge in [-0.05, 0) is 0 Å². The summed E-state index contributed by atoms with van der Waals surface area (Å²) < 4.78 is 0. The van der Waals surface area contributed by atoms with Gasteiger partial charge in [0.1, 0.15) is 5.41 Å². The van der Waals surface area contributed by atoms with Gasteiger partial charge in [0.05, 0.1) is 26.1 Å². The van der Waals surface area contributed by atoms with Gasteiger partial charge in [-0.25, -0.2) is 4.79 Å². The molecule has 3 heteroatoms. The van der Waals surface area contributed by atoms with Gasteiger partial charge in [0.25, 0.3) is 5.91 Å². The van der Waals surface area contributed by atoms with Gasteiger partial charge in [-0.1, -0.05) is 0 Å². The van der Waals surface area contributed by atoms with Crippen LogP contribution in [0, 0.1) is 19.5 Å². The van der Waals surface area contributed by atoms with Crippen molar-refractivity contribution in [1.82, 2.24) is 0 Å². The molecule has 0 aromatic carbocycles. The second-order valence-corrected chi connectivity index (χ2v) is 3.98. The standard InChI is InChI=1S/C8H14N2O/c1-9-4-8(5-9)3-7(11)10(2)6-8/h9-10H,1-6H2. The van der Waals surface area contributed by atoms with E-state index in [9.17, 15) is 4.79 Å². The van der Waals surface area contributed by atoms with E-state index in [0.29, 0.717) is 0 Å². The topological polar surface area (TPSA) is 26.0 Å². The molecule has 1 spiro atoms. The van der Waals surface area contributed by atoms with Crippen molar-refractivity contribution < 1.29 is 14.6 Å². The zero-order valence-electron chi connectivity index (χ0n) is 6.65. The van der Waals surface area contributed by atoms with Gasteiger partial charge in [-0.3, -0.25) is 0 Å². The van der Waals surface area contributed by atoms with Crippen LogP contribution in [0.2, 0.25) is 0 Å². The van der Waals surface area contributed by atoms with Crippen molar-refractivity contribution in [2.75, 3.05) is 19.6 Å². The SMILES string of the molecule is [CH2-][NH+]1CC2(CC(=O)[NH+]([CH2-])C2)C1. The Bertz CT molecular complexity index is 196. The third-order valence-electron chi connectivity index (χ3n) is 2.77. The molecule has 3 nitrogen and oxygen atoms in total. The van der Waals surface area contributed by atoms with Crippen molar-refractivity contribution in [3.05, 3.63) is 14.1 Å². The van der Waals surface area contributed by atoms with Crippen molar-refractivity contribution in [2.45, 2.75) is 6.42 Å². The Kier molecular flexibility index (Phi) is 1.35. The minimum atomic E-state index is 0.275. The summed E-state index contributed by atoms with van der Waals surface area (Å²) in [5.74, 6) is 0.275. The van der Waals surface area contributed by atoms with E-state index in [1.165, 1.54) is 4.90 Å². The molecule has 0 saturated carbocycles. The molecule has 62 valence electrons. The number of hydrogen-bond acceptors (Lipinski definition) is 1. The number of nitrogens with one attached hydrogen (secondary N) is 2. The van der Waals surface area contributed by atoms with Crippen molar-refractivity contribution in [1.29, 1.82) is 0 Å². The monoisotopic (exact) mass is 154 g/mol. The summed E-state index contributed by atoms with van der Waals surface area (Å²) >= 11 is 0. The highest BCUT2D eigenvalue weighted by atomic mass is 16.2. The van der Waals surface area contributed by atoms with Crippen LogP contribution in [0.3, 0.4) is 0 Å². The summed E-state index contributed by atoms with van der Waals surface area (Å²) in [6, 6.07) is 0. The van der Waals surface area contributed by atoms with Gasteiger partial charge < -0.3 is 9.80 Å². The molecule has 0 radical (unpaired) electrons. The van der Waals surface area contributed by atoms with E-state index < -0.39 is 0 Å². The average Bonchev–Trinajstić information content (AvgIpc) is 2.07. The molecule has 2 rings (SSSR count). The largest absolute Gasteiger partial charge is 0.466 e. The van der Waals surface area contributed by atoms with Crippen molar-refractivity contribution in [3.63, 3.8) is 0 Å². The van der Waals surface area contributed by atoms with Crippen LogP contribution in [-0.2, 0) is 4.79 Å². The molecule has 2 saturated heterocycles. The molecule has 1 amide bonds. The van der Waals surface area contributed by atoms with Gasteiger partial charge in [-0.15, -0.1) is 7.05 Å². The first-order valence-corrected chi connectivity index (χ1v) is 3.99. The Morgan fingerprint density at radius 2 is 1.91 bits per heavy atom. The molecule has 0 bridgehead atoms. The predicted molar refractivity (Wildman–Crippen MR) is 39.3 cm³/mol. The van der Waals surface area contributed by atoms with Crippen LogP contribution in [-0.4, -0.2) is 25.5 Å². The Hall–Kier alpha value is -0.410. The minimum absolute atomic E-state index is 0.275. The molecule has 2 fully saturated rings. The Labute approximate surface area is 67.0 Å². The van der Waals surface area contributed by atoms with Crippen LogP contribution >= 0.6 is 0 Å². The third-order valence-corrected chi connectivity index (χ3v) is 2.77. The number of carbonyl (C=O) groups is 1. The van der Waals surface area contributed by atoms with E-state index in [1.807, 2.05) is 0 Å². The lowest BCUT2D eigenvalue weighted by atomic mass is 9.79. The van der Waals surface area contributed by atoms with E-state index in [2.05, 4.69) is 14.1 Å². The molecule has 1 unspecified atom stereocenters. The normalized spacial score (nSPS) is 49.8. The molecule has 0 aliphatic carbocycles. The first kappa shape index (κ1) is 7.25. The van der Waals surface area contributed by atoms with Crippen LogP contribution in [0.25, 0.3) is 0 Å². The lowest BCUT2D eigenvalue weighted by Gasteiger charge is -2.44. The number of quaternary nitrogens is 2. The van der Waals surface area contributed by atoms with Crippen molar-refractivity contribution in [3.8, 4) is 0 Å².